The second-order valence-corrected chi connectivity index (χ2v) is 3.35. The Hall–Kier alpha value is -1.36. The molecule has 0 aliphatic rings. The lowest BCUT2D eigenvalue weighted by atomic mass is 10.3. The second-order valence-electron chi connectivity index (χ2n) is 2.50. The number of nitrogens with zero attached hydrogens (tertiary/aromatic N) is 3. The molecular formula is C8H8N4S. The third kappa shape index (κ3) is 1.42. The second kappa shape index (κ2) is 3.18. The smallest absolute Gasteiger partial charge is 0.240 e. The van der Waals surface area contributed by atoms with Crippen molar-refractivity contribution in [2.24, 2.45) is 0 Å². The van der Waals surface area contributed by atoms with Gasteiger partial charge in [-0.3, -0.25) is 0 Å². The minimum Gasteiger partial charge on any atom is -0.366 e. The molecule has 0 saturated carbocycles. The van der Waals surface area contributed by atoms with Crippen molar-refractivity contribution in [2.75, 3.05) is 12.0 Å². The van der Waals surface area contributed by atoms with Crippen molar-refractivity contribution in [1.82, 2.24) is 15.2 Å². The number of hydrogen-bond acceptors (Lipinski definition) is 5. The van der Waals surface area contributed by atoms with Gasteiger partial charge in [-0.1, -0.05) is 6.07 Å². The van der Waals surface area contributed by atoms with Gasteiger partial charge < -0.3 is 5.73 Å². The number of benzene rings is 1. The summed E-state index contributed by atoms with van der Waals surface area (Å²) in [5.41, 5.74) is 7.05. The van der Waals surface area contributed by atoms with Crippen molar-refractivity contribution in [3.05, 3.63) is 18.2 Å². The molecular weight excluding hydrogens is 184 g/mol. The van der Waals surface area contributed by atoms with Crippen LogP contribution in [0.25, 0.3) is 11.0 Å². The number of hydrogen-bond donors (Lipinski definition) is 1. The summed E-state index contributed by atoms with van der Waals surface area (Å²) in [5, 5.41) is 7.63. The Morgan fingerprint density at radius 1 is 1.31 bits per heavy atom. The van der Waals surface area contributed by atoms with Crippen LogP contribution in [0.1, 0.15) is 0 Å². The van der Waals surface area contributed by atoms with Gasteiger partial charge in [-0.15, -0.1) is 22.0 Å². The van der Waals surface area contributed by atoms with Crippen molar-refractivity contribution in [1.29, 1.82) is 0 Å². The van der Waals surface area contributed by atoms with E-state index >= 15 is 0 Å². The van der Waals surface area contributed by atoms with Crippen molar-refractivity contribution >= 4 is 28.7 Å². The van der Waals surface area contributed by atoms with E-state index in [9.17, 15) is 0 Å². The molecule has 13 heavy (non-hydrogen) atoms. The Labute approximate surface area is 79.6 Å². The van der Waals surface area contributed by atoms with Gasteiger partial charge in [0.2, 0.25) is 5.95 Å². The number of para-hydroxylation sites is 1. The lowest BCUT2D eigenvalue weighted by Gasteiger charge is -2.00. The number of anilines is 1. The lowest BCUT2D eigenvalue weighted by Crippen LogP contribution is -1.98. The first-order chi connectivity index (χ1) is 6.31. The maximum absolute atomic E-state index is 5.45. The van der Waals surface area contributed by atoms with Crippen LogP contribution in [0.3, 0.4) is 0 Å². The Bertz CT molecular complexity index is 443. The molecule has 4 nitrogen and oxygen atoms in total. The molecule has 0 amide bonds. The summed E-state index contributed by atoms with van der Waals surface area (Å²) in [6.07, 6.45) is 1.99. The van der Waals surface area contributed by atoms with Crippen LogP contribution in [-0.2, 0) is 0 Å². The highest BCUT2D eigenvalue weighted by atomic mass is 32.2. The largest absolute Gasteiger partial charge is 0.366 e. The molecule has 0 bridgehead atoms. The zero-order valence-electron chi connectivity index (χ0n) is 7.06. The SMILES string of the molecule is CSc1cccc2nnc(N)nc12. The van der Waals surface area contributed by atoms with Gasteiger partial charge in [-0.25, -0.2) is 4.98 Å². The number of fused-ring (bicyclic) bond motifs is 1. The van der Waals surface area contributed by atoms with Crippen LogP contribution in [0, 0.1) is 0 Å². The summed E-state index contributed by atoms with van der Waals surface area (Å²) in [6.45, 7) is 0. The number of rotatable bonds is 1. The van der Waals surface area contributed by atoms with E-state index in [1.807, 2.05) is 24.5 Å². The van der Waals surface area contributed by atoms with Gasteiger partial charge in [0.1, 0.15) is 11.0 Å². The Balaban J connectivity index is 2.79. The molecule has 0 saturated heterocycles. The summed E-state index contributed by atoms with van der Waals surface area (Å²) in [6, 6.07) is 5.79. The standard InChI is InChI=1S/C8H8N4S/c1-13-6-4-2-3-5-7(6)10-8(9)12-11-5/h2-4H,1H3,(H2,9,10,12). The van der Waals surface area contributed by atoms with Crippen LogP contribution in [0.4, 0.5) is 5.95 Å². The molecule has 0 aliphatic carbocycles. The molecule has 0 fully saturated rings. The highest BCUT2D eigenvalue weighted by molar-refractivity contribution is 7.98. The van der Waals surface area contributed by atoms with E-state index < -0.39 is 0 Å². The van der Waals surface area contributed by atoms with Gasteiger partial charge in [0, 0.05) is 4.90 Å². The predicted octanol–water partition coefficient (Wildman–Crippen LogP) is 1.33. The number of nitrogens with two attached hydrogens (primary N) is 1. The molecule has 2 aromatic rings. The van der Waals surface area contributed by atoms with Crippen LogP contribution in [0.2, 0.25) is 0 Å². The third-order valence-corrected chi connectivity index (χ3v) is 2.45. The average Bonchev–Trinajstić information content (AvgIpc) is 2.17. The van der Waals surface area contributed by atoms with E-state index in [0.717, 1.165) is 15.9 Å². The van der Waals surface area contributed by atoms with Crippen LogP contribution in [0.15, 0.2) is 23.1 Å². The molecule has 1 heterocycles. The predicted molar refractivity (Wildman–Crippen MR) is 53.5 cm³/mol. The van der Waals surface area contributed by atoms with E-state index in [1.165, 1.54) is 0 Å². The maximum Gasteiger partial charge on any atom is 0.240 e. The maximum atomic E-state index is 5.45. The van der Waals surface area contributed by atoms with Gasteiger partial charge in [0.05, 0.1) is 0 Å². The van der Waals surface area contributed by atoms with Gasteiger partial charge in [0.25, 0.3) is 0 Å². The van der Waals surface area contributed by atoms with Crippen LogP contribution in [-0.4, -0.2) is 21.4 Å². The topological polar surface area (TPSA) is 64.7 Å². The molecule has 2 N–H and O–H groups in total. The summed E-state index contributed by atoms with van der Waals surface area (Å²) >= 11 is 1.62. The first kappa shape index (κ1) is 8.25. The zero-order valence-corrected chi connectivity index (χ0v) is 7.88. The highest BCUT2D eigenvalue weighted by Gasteiger charge is 2.02. The van der Waals surface area contributed by atoms with E-state index in [0.29, 0.717) is 0 Å². The number of nitrogen functional groups attached to an aromatic ring is 1. The Morgan fingerprint density at radius 2 is 2.15 bits per heavy atom. The van der Waals surface area contributed by atoms with Crippen LogP contribution < -0.4 is 5.73 Å². The van der Waals surface area contributed by atoms with E-state index in [1.54, 1.807) is 11.8 Å². The number of aromatic nitrogens is 3. The fourth-order valence-electron chi connectivity index (χ4n) is 1.11. The summed E-state index contributed by atoms with van der Waals surface area (Å²) in [7, 11) is 0. The van der Waals surface area contributed by atoms with E-state index in [4.69, 9.17) is 5.73 Å². The monoisotopic (exact) mass is 192 g/mol. The quantitative estimate of drug-likeness (QED) is 0.690. The van der Waals surface area contributed by atoms with Crippen LogP contribution >= 0.6 is 11.8 Å². The fraction of sp³-hybridized carbons (Fsp3) is 0.125. The van der Waals surface area contributed by atoms with Gasteiger partial charge in [-0.05, 0) is 18.4 Å². The molecule has 0 spiro atoms. The minimum atomic E-state index is 0.217. The molecule has 1 aromatic carbocycles. The molecule has 0 atom stereocenters. The van der Waals surface area contributed by atoms with Crippen molar-refractivity contribution in [3.8, 4) is 0 Å². The minimum absolute atomic E-state index is 0.217. The Kier molecular flexibility index (Phi) is 2.02. The Morgan fingerprint density at radius 3 is 2.92 bits per heavy atom. The van der Waals surface area contributed by atoms with Gasteiger partial charge in [-0.2, -0.15) is 0 Å². The van der Waals surface area contributed by atoms with E-state index in [-0.39, 0.29) is 5.95 Å². The fourth-order valence-corrected chi connectivity index (χ4v) is 1.67. The molecule has 1 aromatic heterocycles. The van der Waals surface area contributed by atoms with Crippen LogP contribution in [0.5, 0.6) is 0 Å². The first-order valence-corrected chi connectivity index (χ1v) is 4.96. The third-order valence-electron chi connectivity index (χ3n) is 1.68. The molecule has 2 rings (SSSR count). The highest BCUT2D eigenvalue weighted by Crippen LogP contribution is 2.22. The summed E-state index contributed by atoms with van der Waals surface area (Å²) < 4.78 is 0. The normalized spacial score (nSPS) is 10.5. The van der Waals surface area contributed by atoms with Crippen molar-refractivity contribution < 1.29 is 0 Å². The van der Waals surface area contributed by atoms with Crippen molar-refractivity contribution in [3.63, 3.8) is 0 Å². The average molecular weight is 192 g/mol. The molecule has 5 heteroatoms. The molecule has 66 valence electrons. The van der Waals surface area contributed by atoms with E-state index in [2.05, 4.69) is 15.2 Å². The summed E-state index contributed by atoms with van der Waals surface area (Å²) in [5.74, 6) is 0.217. The molecule has 0 unspecified atom stereocenters. The number of thioether (sulfide) groups is 1. The van der Waals surface area contributed by atoms with Crippen molar-refractivity contribution in [2.45, 2.75) is 4.90 Å². The lowest BCUT2D eigenvalue weighted by molar-refractivity contribution is 1.03. The molecule has 0 aliphatic heterocycles. The van der Waals surface area contributed by atoms with Gasteiger partial charge >= 0.3 is 0 Å². The summed E-state index contributed by atoms with van der Waals surface area (Å²) in [4.78, 5) is 5.20. The zero-order chi connectivity index (χ0) is 9.26. The van der Waals surface area contributed by atoms with Gasteiger partial charge in [0.15, 0.2) is 0 Å². The first-order valence-electron chi connectivity index (χ1n) is 3.74. The molecule has 0 radical (unpaired) electrons.